The van der Waals surface area contributed by atoms with Crippen molar-refractivity contribution in [2.75, 3.05) is 6.54 Å². The largest absolute Gasteiger partial charge is 0.240 e. The standard InChI is InChI=1S/C11H12BrNO2S/c1-2-3-8-13-16(14,15)11-6-4-10(9-12)5-7-11/h1,4-7,13H,3,8-9H2. The first-order valence-electron chi connectivity index (χ1n) is 4.68. The zero-order valence-corrected chi connectivity index (χ0v) is 11.0. The zero-order valence-electron chi connectivity index (χ0n) is 8.61. The Morgan fingerprint density at radius 3 is 2.44 bits per heavy atom. The average Bonchev–Trinajstić information content (AvgIpc) is 2.29. The lowest BCUT2D eigenvalue weighted by atomic mass is 10.2. The van der Waals surface area contributed by atoms with Crippen molar-refractivity contribution < 1.29 is 8.42 Å². The highest BCUT2D eigenvalue weighted by atomic mass is 79.9. The molecule has 1 rings (SSSR count). The summed E-state index contributed by atoms with van der Waals surface area (Å²) in [5.41, 5.74) is 1.03. The number of hydrogen-bond acceptors (Lipinski definition) is 2. The van der Waals surface area contributed by atoms with E-state index in [1.54, 1.807) is 24.3 Å². The van der Waals surface area contributed by atoms with Gasteiger partial charge in [0.05, 0.1) is 4.90 Å². The lowest BCUT2D eigenvalue weighted by Gasteiger charge is -2.05. The Morgan fingerprint density at radius 2 is 1.94 bits per heavy atom. The second kappa shape index (κ2) is 6.04. The molecule has 0 atom stereocenters. The molecular weight excluding hydrogens is 290 g/mol. The summed E-state index contributed by atoms with van der Waals surface area (Å²) in [7, 11) is -3.42. The molecule has 1 N–H and O–H groups in total. The highest BCUT2D eigenvalue weighted by molar-refractivity contribution is 9.08. The van der Waals surface area contributed by atoms with Crippen LogP contribution in [0.5, 0.6) is 0 Å². The molecule has 16 heavy (non-hydrogen) atoms. The van der Waals surface area contributed by atoms with Gasteiger partial charge in [0.1, 0.15) is 0 Å². The summed E-state index contributed by atoms with van der Waals surface area (Å²) in [6.07, 6.45) is 5.43. The van der Waals surface area contributed by atoms with Crippen LogP contribution < -0.4 is 4.72 Å². The summed E-state index contributed by atoms with van der Waals surface area (Å²) >= 11 is 3.30. The number of benzene rings is 1. The molecule has 0 saturated heterocycles. The first-order chi connectivity index (χ1) is 7.60. The molecule has 0 aliphatic carbocycles. The average molecular weight is 302 g/mol. The molecular formula is C11H12BrNO2S. The van der Waals surface area contributed by atoms with Gasteiger partial charge in [-0.1, -0.05) is 28.1 Å². The quantitative estimate of drug-likeness (QED) is 0.513. The molecule has 0 aromatic heterocycles. The van der Waals surface area contributed by atoms with E-state index in [0.29, 0.717) is 11.8 Å². The van der Waals surface area contributed by atoms with Crippen molar-refractivity contribution in [3.63, 3.8) is 0 Å². The molecule has 86 valence electrons. The first-order valence-corrected chi connectivity index (χ1v) is 7.28. The van der Waals surface area contributed by atoms with Crippen molar-refractivity contribution in [3.05, 3.63) is 29.8 Å². The van der Waals surface area contributed by atoms with E-state index in [2.05, 4.69) is 26.6 Å². The van der Waals surface area contributed by atoms with Gasteiger partial charge in [0, 0.05) is 18.3 Å². The Kier molecular flexibility index (Phi) is 5.00. The van der Waals surface area contributed by atoms with Crippen molar-refractivity contribution in [2.24, 2.45) is 0 Å². The fraction of sp³-hybridized carbons (Fsp3) is 0.273. The molecule has 1 aromatic carbocycles. The third kappa shape index (κ3) is 3.63. The van der Waals surface area contributed by atoms with E-state index >= 15 is 0 Å². The second-order valence-corrected chi connectivity index (χ2v) is 5.46. The van der Waals surface area contributed by atoms with Crippen LogP contribution in [0.1, 0.15) is 12.0 Å². The smallest absolute Gasteiger partial charge is 0.210 e. The van der Waals surface area contributed by atoms with E-state index in [-0.39, 0.29) is 11.4 Å². The molecule has 3 nitrogen and oxygen atoms in total. The van der Waals surface area contributed by atoms with Gasteiger partial charge in [-0.05, 0) is 17.7 Å². The normalized spacial score (nSPS) is 11.0. The molecule has 1 aromatic rings. The fourth-order valence-electron chi connectivity index (χ4n) is 1.10. The SMILES string of the molecule is C#CCCNS(=O)(=O)c1ccc(CBr)cc1. The number of halogens is 1. The molecule has 0 spiro atoms. The Morgan fingerprint density at radius 1 is 1.31 bits per heavy atom. The van der Waals surface area contributed by atoms with Gasteiger partial charge in [-0.3, -0.25) is 0 Å². The lowest BCUT2D eigenvalue weighted by molar-refractivity contribution is 0.582. The highest BCUT2D eigenvalue weighted by Crippen LogP contribution is 2.12. The summed E-state index contributed by atoms with van der Waals surface area (Å²) in [5.74, 6) is 2.38. The number of hydrogen-bond donors (Lipinski definition) is 1. The fourth-order valence-corrected chi connectivity index (χ4v) is 2.50. The monoisotopic (exact) mass is 301 g/mol. The first kappa shape index (κ1) is 13.2. The summed E-state index contributed by atoms with van der Waals surface area (Å²) in [6, 6.07) is 6.69. The van der Waals surface area contributed by atoms with Crippen molar-refractivity contribution in [2.45, 2.75) is 16.6 Å². The van der Waals surface area contributed by atoms with Crippen LogP contribution >= 0.6 is 15.9 Å². The van der Waals surface area contributed by atoms with E-state index in [4.69, 9.17) is 6.42 Å². The van der Waals surface area contributed by atoms with Crippen molar-refractivity contribution in [3.8, 4) is 12.3 Å². The van der Waals surface area contributed by atoms with Crippen LogP contribution in [0, 0.1) is 12.3 Å². The summed E-state index contributed by atoms with van der Waals surface area (Å²) in [5, 5.41) is 0.706. The highest BCUT2D eigenvalue weighted by Gasteiger charge is 2.12. The molecule has 0 aliphatic rings. The molecule has 0 saturated carbocycles. The van der Waals surface area contributed by atoms with E-state index in [9.17, 15) is 8.42 Å². The predicted molar refractivity (Wildman–Crippen MR) is 67.7 cm³/mol. The molecule has 0 heterocycles. The minimum absolute atomic E-state index is 0.259. The topological polar surface area (TPSA) is 46.2 Å². The molecule has 0 amide bonds. The lowest BCUT2D eigenvalue weighted by Crippen LogP contribution is -2.24. The third-order valence-electron chi connectivity index (χ3n) is 1.95. The molecule has 0 bridgehead atoms. The van der Waals surface area contributed by atoms with Gasteiger partial charge in [-0.25, -0.2) is 13.1 Å². The maximum Gasteiger partial charge on any atom is 0.240 e. The Labute approximate surface area is 104 Å². The number of nitrogens with one attached hydrogen (secondary N) is 1. The van der Waals surface area contributed by atoms with Gasteiger partial charge < -0.3 is 0 Å². The molecule has 0 unspecified atom stereocenters. The minimum Gasteiger partial charge on any atom is -0.210 e. The maximum atomic E-state index is 11.7. The van der Waals surface area contributed by atoms with Crippen molar-refractivity contribution >= 4 is 26.0 Å². The third-order valence-corrected chi connectivity index (χ3v) is 4.07. The Balaban J connectivity index is 2.78. The molecule has 0 aliphatic heterocycles. The number of alkyl halides is 1. The van der Waals surface area contributed by atoms with Crippen LogP contribution in [0.15, 0.2) is 29.2 Å². The number of rotatable bonds is 5. The van der Waals surface area contributed by atoms with Gasteiger partial charge in [0.25, 0.3) is 0 Å². The summed E-state index contributed by atoms with van der Waals surface area (Å²) in [4.78, 5) is 0.259. The molecule has 0 radical (unpaired) electrons. The van der Waals surface area contributed by atoms with E-state index in [1.807, 2.05) is 0 Å². The van der Waals surface area contributed by atoms with Crippen LogP contribution in [-0.2, 0) is 15.4 Å². The van der Waals surface area contributed by atoms with E-state index in [1.165, 1.54) is 0 Å². The number of terminal acetylenes is 1. The maximum absolute atomic E-state index is 11.7. The van der Waals surface area contributed by atoms with Gasteiger partial charge in [-0.2, -0.15) is 0 Å². The Hall–Kier alpha value is -0.830. The van der Waals surface area contributed by atoms with E-state index < -0.39 is 10.0 Å². The molecule has 5 heteroatoms. The zero-order chi connectivity index (χ0) is 12.0. The second-order valence-electron chi connectivity index (χ2n) is 3.13. The van der Waals surface area contributed by atoms with Gasteiger partial charge in [0.2, 0.25) is 10.0 Å². The van der Waals surface area contributed by atoms with Gasteiger partial charge in [0.15, 0.2) is 0 Å². The summed E-state index contributed by atoms with van der Waals surface area (Å²) in [6.45, 7) is 0.263. The van der Waals surface area contributed by atoms with Crippen molar-refractivity contribution in [1.82, 2.24) is 4.72 Å². The van der Waals surface area contributed by atoms with Gasteiger partial charge in [-0.15, -0.1) is 12.3 Å². The van der Waals surface area contributed by atoms with Crippen molar-refractivity contribution in [1.29, 1.82) is 0 Å². The van der Waals surface area contributed by atoms with Crippen LogP contribution in [0.3, 0.4) is 0 Å². The van der Waals surface area contributed by atoms with Crippen LogP contribution in [0.4, 0.5) is 0 Å². The summed E-state index contributed by atoms with van der Waals surface area (Å²) < 4.78 is 25.9. The van der Waals surface area contributed by atoms with Crippen LogP contribution in [-0.4, -0.2) is 15.0 Å². The predicted octanol–water partition coefficient (Wildman–Crippen LogP) is 1.88. The molecule has 0 fully saturated rings. The Bertz CT molecular complexity index is 474. The van der Waals surface area contributed by atoms with E-state index in [0.717, 1.165) is 5.56 Å². The number of sulfonamides is 1. The van der Waals surface area contributed by atoms with Crippen LogP contribution in [0.25, 0.3) is 0 Å². The van der Waals surface area contributed by atoms with Gasteiger partial charge >= 0.3 is 0 Å². The van der Waals surface area contributed by atoms with Crippen LogP contribution in [0.2, 0.25) is 0 Å². The minimum atomic E-state index is -3.42.